The molecule has 0 aromatic rings. The van der Waals surface area contributed by atoms with Gasteiger partial charge >= 0.3 is 0 Å². The van der Waals surface area contributed by atoms with E-state index in [-0.39, 0.29) is 54.6 Å². The lowest BCUT2D eigenvalue weighted by molar-refractivity contribution is -0.146. The molecule has 1 saturated carbocycles. The van der Waals surface area contributed by atoms with Crippen LogP contribution in [0.1, 0.15) is 39.0 Å². The highest BCUT2D eigenvalue weighted by molar-refractivity contribution is 6.07. The second-order valence-electron chi connectivity index (χ2n) is 6.99. The van der Waals surface area contributed by atoms with Crippen molar-refractivity contribution in [3.8, 4) is 0 Å². The van der Waals surface area contributed by atoms with Crippen LogP contribution >= 0.6 is 12.4 Å². The molecule has 7 heteroatoms. The number of nitrogens with two attached hydrogens (primary N) is 1. The number of likely N-dealkylation sites (tertiary alicyclic amines) is 2. The molecule has 3 fully saturated rings. The molecule has 130 valence electrons. The van der Waals surface area contributed by atoms with E-state index in [1.165, 1.54) is 4.90 Å². The summed E-state index contributed by atoms with van der Waals surface area (Å²) in [4.78, 5) is 40.3. The van der Waals surface area contributed by atoms with Crippen LogP contribution in [-0.4, -0.2) is 53.2 Å². The van der Waals surface area contributed by atoms with Gasteiger partial charge in [-0.15, -0.1) is 12.4 Å². The first-order chi connectivity index (χ1) is 10.5. The molecule has 0 aromatic heterocycles. The standard InChI is InChI=1S/C16H25N3O3.ClH/c1-10-6-11(7-17)8-18(10)14(20)9-19-15(21)12-4-2-3-5-13(12)16(19)22;/h10-13H,2-9,17H2,1H3;1H. The Morgan fingerprint density at radius 1 is 1.17 bits per heavy atom. The number of fused-ring (bicyclic) bond motifs is 1. The zero-order valence-corrected chi connectivity index (χ0v) is 14.4. The first-order valence-corrected chi connectivity index (χ1v) is 8.37. The number of amides is 3. The minimum atomic E-state index is -0.179. The minimum absolute atomic E-state index is 0. The molecule has 3 rings (SSSR count). The highest BCUT2D eigenvalue weighted by Crippen LogP contribution is 2.38. The lowest BCUT2D eigenvalue weighted by Gasteiger charge is -2.24. The summed E-state index contributed by atoms with van der Waals surface area (Å²) in [7, 11) is 0. The summed E-state index contributed by atoms with van der Waals surface area (Å²) in [5.41, 5.74) is 5.69. The quantitative estimate of drug-likeness (QED) is 0.767. The maximum atomic E-state index is 12.5. The van der Waals surface area contributed by atoms with E-state index in [1.54, 1.807) is 4.90 Å². The second-order valence-corrected chi connectivity index (χ2v) is 6.99. The number of carbonyl (C=O) groups is 3. The fraction of sp³-hybridized carbons (Fsp3) is 0.812. The summed E-state index contributed by atoms with van der Waals surface area (Å²) in [6.45, 7) is 3.12. The summed E-state index contributed by atoms with van der Waals surface area (Å²) in [5.74, 6) is -0.422. The van der Waals surface area contributed by atoms with Gasteiger partial charge in [-0.1, -0.05) is 12.8 Å². The number of rotatable bonds is 3. The average molecular weight is 344 g/mol. The molecular weight excluding hydrogens is 318 g/mol. The number of carbonyl (C=O) groups excluding carboxylic acids is 3. The van der Waals surface area contributed by atoms with E-state index in [0.717, 1.165) is 32.1 Å². The minimum Gasteiger partial charge on any atom is -0.338 e. The molecule has 0 bridgehead atoms. The Kier molecular flexibility index (Phi) is 5.68. The van der Waals surface area contributed by atoms with Gasteiger partial charge < -0.3 is 10.6 Å². The Bertz CT molecular complexity index is 475. The van der Waals surface area contributed by atoms with Crippen LogP contribution in [0.5, 0.6) is 0 Å². The van der Waals surface area contributed by atoms with Gasteiger partial charge in [-0.05, 0) is 38.6 Å². The normalized spacial score (nSPS) is 33.7. The molecule has 4 unspecified atom stereocenters. The van der Waals surface area contributed by atoms with Gasteiger partial charge in [0.25, 0.3) is 0 Å². The predicted molar refractivity (Wildman–Crippen MR) is 87.8 cm³/mol. The summed E-state index contributed by atoms with van der Waals surface area (Å²) in [5, 5.41) is 0. The zero-order chi connectivity index (χ0) is 15.9. The van der Waals surface area contributed by atoms with Gasteiger partial charge in [0, 0.05) is 12.6 Å². The number of nitrogens with zero attached hydrogens (tertiary/aromatic N) is 2. The van der Waals surface area contributed by atoms with Gasteiger partial charge in [0.05, 0.1) is 11.8 Å². The van der Waals surface area contributed by atoms with Crippen LogP contribution in [0.25, 0.3) is 0 Å². The van der Waals surface area contributed by atoms with E-state index in [0.29, 0.717) is 19.0 Å². The number of halogens is 1. The van der Waals surface area contributed by atoms with Crippen LogP contribution in [0, 0.1) is 17.8 Å². The Morgan fingerprint density at radius 2 is 1.74 bits per heavy atom. The first kappa shape index (κ1) is 18.2. The van der Waals surface area contributed by atoms with Crippen LogP contribution in [0.15, 0.2) is 0 Å². The van der Waals surface area contributed by atoms with E-state index in [2.05, 4.69) is 0 Å². The van der Waals surface area contributed by atoms with Gasteiger partial charge in [-0.3, -0.25) is 19.3 Å². The smallest absolute Gasteiger partial charge is 0.242 e. The van der Waals surface area contributed by atoms with Crippen molar-refractivity contribution in [3.63, 3.8) is 0 Å². The Labute approximate surface area is 143 Å². The van der Waals surface area contributed by atoms with Gasteiger partial charge in [0.2, 0.25) is 17.7 Å². The molecule has 0 spiro atoms. The molecule has 0 aromatic carbocycles. The van der Waals surface area contributed by atoms with Crippen molar-refractivity contribution in [3.05, 3.63) is 0 Å². The first-order valence-electron chi connectivity index (χ1n) is 8.37. The largest absolute Gasteiger partial charge is 0.338 e. The fourth-order valence-corrected chi connectivity index (χ4v) is 4.27. The number of hydrogen-bond donors (Lipinski definition) is 1. The van der Waals surface area contributed by atoms with E-state index in [9.17, 15) is 14.4 Å². The van der Waals surface area contributed by atoms with Gasteiger partial charge in [-0.2, -0.15) is 0 Å². The van der Waals surface area contributed by atoms with Crippen molar-refractivity contribution in [1.29, 1.82) is 0 Å². The fourth-order valence-electron chi connectivity index (χ4n) is 4.27. The van der Waals surface area contributed by atoms with Crippen LogP contribution in [0.4, 0.5) is 0 Å². The monoisotopic (exact) mass is 343 g/mol. The molecule has 2 heterocycles. The third-order valence-corrected chi connectivity index (χ3v) is 5.54. The topological polar surface area (TPSA) is 83.7 Å². The SMILES string of the molecule is CC1CC(CN)CN1C(=O)CN1C(=O)C2CCCCC2C1=O.Cl. The average Bonchev–Trinajstić information content (AvgIpc) is 3.01. The summed E-state index contributed by atoms with van der Waals surface area (Å²) >= 11 is 0. The van der Waals surface area contributed by atoms with Gasteiger partial charge in [-0.25, -0.2) is 0 Å². The Hall–Kier alpha value is -1.14. The van der Waals surface area contributed by atoms with E-state index in [4.69, 9.17) is 5.73 Å². The summed E-state index contributed by atoms with van der Waals surface area (Å²) in [6, 6.07) is 0.135. The molecular formula is C16H26ClN3O3. The lowest BCUT2D eigenvalue weighted by Crippen LogP contribution is -2.44. The zero-order valence-electron chi connectivity index (χ0n) is 13.6. The van der Waals surface area contributed by atoms with Crippen molar-refractivity contribution >= 4 is 30.1 Å². The molecule has 2 N–H and O–H groups in total. The number of hydrogen-bond acceptors (Lipinski definition) is 4. The maximum Gasteiger partial charge on any atom is 0.242 e. The Balaban J connectivity index is 0.00000192. The molecule has 2 saturated heterocycles. The van der Waals surface area contributed by atoms with Crippen LogP contribution < -0.4 is 5.73 Å². The third-order valence-electron chi connectivity index (χ3n) is 5.54. The van der Waals surface area contributed by atoms with Gasteiger partial charge in [0.15, 0.2) is 0 Å². The molecule has 23 heavy (non-hydrogen) atoms. The Morgan fingerprint density at radius 3 is 2.22 bits per heavy atom. The van der Waals surface area contributed by atoms with Crippen molar-refractivity contribution in [2.45, 2.75) is 45.1 Å². The maximum absolute atomic E-state index is 12.5. The highest BCUT2D eigenvalue weighted by Gasteiger charge is 2.49. The van der Waals surface area contributed by atoms with Crippen LogP contribution in [0.3, 0.4) is 0 Å². The molecule has 3 aliphatic rings. The van der Waals surface area contributed by atoms with Crippen molar-refractivity contribution in [2.24, 2.45) is 23.5 Å². The molecule has 4 atom stereocenters. The van der Waals surface area contributed by atoms with E-state index >= 15 is 0 Å². The molecule has 3 amide bonds. The molecule has 2 aliphatic heterocycles. The molecule has 6 nitrogen and oxygen atoms in total. The highest BCUT2D eigenvalue weighted by atomic mass is 35.5. The second kappa shape index (κ2) is 7.18. The molecule has 0 radical (unpaired) electrons. The lowest BCUT2D eigenvalue weighted by atomic mass is 9.81. The third kappa shape index (κ3) is 3.24. The van der Waals surface area contributed by atoms with Crippen molar-refractivity contribution in [1.82, 2.24) is 9.80 Å². The van der Waals surface area contributed by atoms with Crippen LogP contribution in [-0.2, 0) is 14.4 Å². The number of imide groups is 1. The summed E-state index contributed by atoms with van der Waals surface area (Å²) < 4.78 is 0. The van der Waals surface area contributed by atoms with Gasteiger partial charge in [0.1, 0.15) is 6.54 Å². The van der Waals surface area contributed by atoms with Crippen LogP contribution in [0.2, 0.25) is 0 Å². The van der Waals surface area contributed by atoms with Crippen molar-refractivity contribution in [2.75, 3.05) is 19.6 Å². The van der Waals surface area contributed by atoms with Crippen molar-refractivity contribution < 1.29 is 14.4 Å². The summed E-state index contributed by atoms with van der Waals surface area (Å²) in [6.07, 6.45) is 4.48. The van der Waals surface area contributed by atoms with E-state index < -0.39 is 0 Å². The predicted octanol–water partition coefficient (Wildman–Crippen LogP) is 0.779. The molecule has 1 aliphatic carbocycles. The van der Waals surface area contributed by atoms with E-state index in [1.807, 2.05) is 6.92 Å².